The van der Waals surface area contributed by atoms with Crippen molar-refractivity contribution in [3.8, 4) is 5.75 Å². The van der Waals surface area contributed by atoms with Crippen LogP contribution in [0.15, 0.2) is 36.8 Å². The first kappa shape index (κ1) is 17.4. The Hall–Kier alpha value is -2.41. The molecule has 0 spiro atoms. The second-order valence-electron chi connectivity index (χ2n) is 6.49. The molecule has 7 heteroatoms. The minimum absolute atomic E-state index is 0.00459. The third-order valence-electron chi connectivity index (χ3n) is 4.73. The standard InChI is InChI=1S/C18H25N5O2/c1-22-10-4-5-14(18(22)16-7-9-21-23(16)2)11-20-17(24)13-25-15-6-3-8-19-12-15/h3,6-9,12,14,18H,4-5,10-11,13H2,1-2H3,(H,20,24)/t14-,18+/m0/s1. The topological polar surface area (TPSA) is 72.3 Å². The summed E-state index contributed by atoms with van der Waals surface area (Å²) in [6.45, 7) is 1.70. The molecule has 2 atom stereocenters. The van der Waals surface area contributed by atoms with Crippen LogP contribution in [-0.4, -0.2) is 52.3 Å². The van der Waals surface area contributed by atoms with Gasteiger partial charge in [0.25, 0.3) is 5.91 Å². The quantitative estimate of drug-likeness (QED) is 0.858. The fraction of sp³-hybridized carbons (Fsp3) is 0.500. The number of hydrogen-bond donors (Lipinski definition) is 1. The van der Waals surface area contributed by atoms with E-state index in [9.17, 15) is 4.79 Å². The zero-order chi connectivity index (χ0) is 17.6. The van der Waals surface area contributed by atoms with Gasteiger partial charge < -0.3 is 10.1 Å². The number of carbonyl (C=O) groups is 1. The highest BCUT2D eigenvalue weighted by atomic mass is 16.5. The molecule has 1 saturated heterocycles. The number of nitrogens with one attached hydrogen (secondary N) is 1. The first-order valence-electron chi connectivity index (χ1n) is 8.63. The molecule has 1 fully saturated rings. The highest BCUT2D eigenvalue weighted by Crippen LogP contribution is 2.34. The van der Waals surface area contributed by atoms with Crippen molar-refractivity contribution in [1.82, 2.24) is 25.0 Å². The van der Waals surface area contributed by atoms with Crippen LogP contribution in [0.4, 0.5) is 0 Å². The predicted octanol–water partition coefficient (Wildman–Crippen LogP) is 1.39. The van der Waals surface area contributed by atoms with E-state index in [1.807, 2.05) is 17.9 Å². The van der Waals surface area contributed by atoms with Crippen molar-refractivity contribution >= 4 is 5.91 Å². The number of nitrogens with zero attached hydrogens (tertiary/aromatic N) is 4. The fourth-order valence-corrected chi connectivity index (χ4v) is 3.49. The molecule has 1 amide bonds. The zero-order valence-electron chi connectivity index (χ0n) is 14.8. The van der Waals surface area contributed by atoms with Gasteiger partial charge in [0.05, 0.1) is 17.9 Å². The maximum absolute atomic E-state index is 12.1. The Morgan fingerprint density at radius 2 is 2.24 bits per heavy atom. The summed E-state index contributed by atoms with van der Waals surface area (Å²) < 4.78 is 7.37. The molecule has 25 heavy (non-hydrogen) atoms. The van der Waals surface area contributed by atoms with Crippen molar-refractivity contribution in [2.45, 2.75) is 18.9 Å². The first-order valence-corrected chi connectivity index (χ1v) is 8.63. The Labute approximate surface area is 148 Å². The van der Waals surface area contributed by atoms with Gasteiger partial charge in [-0.3, -0.25) is 19.4 Å². The molecule has 0 radical (unpaired) electrons. The highest BCUT2D eigenvalue weighted by Gasteiger charge is 2.32. The second kappa shape index (κ2) is 8.11. The van der Waals surface area contributed by atoms with Gasteiger partial charge in [0, 0.05) is 26.0 Å². The summed E-state index contributed by atoms with van der Waals surface area (Å²) in [6, 6.07) is 5.89. The van der Waals surface area contributed by atoms with E-state index in [1.165, 1.54) is 5.69 Å². The number of pyridine rings is 1. The molecule has 0 bridgehead atoms. The molecule has 134 valence electrons. The molecule has 3 rings (SSSR count). The van der Waals surface area contributed by atoms with Gasteiger partial charge in [0.1, 0.15) is 5.75 Å². The van der Waals surface area contributed by atoms with Crippen molar-refractivity contribution in [2.24, 2.45) is 13.0 Å². The van der Waals surface area contributed by atoms with E-state index in [4.69, 9.17) is 4.74 Å². The van der Waals surface area contributed by atoms with Crippen LogP contribution in [0.5, 0.6) is 5.75 Å². The van der Waals surface area contributed by atoms with Gasteiger partial charge in [0.15, 0.2) is 6.61 Å². The lowest BCUT2D eigenvalue weighted by molar-refractivity contribution is -0.123. The fourth-order valence-electron chi connectivity index (χ4n) is 3.49. The van der Waals surface area contributed by atoms with Crippen LogP contribution < -0.4 is 10.1 Å². The van der Waals surface area contributed by atoms with E-state index in [0.717, 1.165) is 19.4 Å². The molecule has 0 aromatic carbocycles. The number of ether oxygens (including phenoxy) is 1. The lowest BCUT2D eigenvalue weighted by Gasteiger charge is -2.39. The number of likely N-dealkylation sites (tertiary alicyclic amines) is 1. The largest absolute Gasteiger partial charge is 0.482 e. The third-order valence-corrected chi connectivity index (χ3v) is 4.73. The van der Waals surface area contributed by atoms with E-state index in [0.29, 0.717) is 18.2 Å². The maximum atomic E-state index is 12.1. The normalized spacial score (nSPS) is 21.0. The lowest BCUT2D eigenvalue weighted by Crippen LogP contribution is -2.43. The van der Waals surface area contributed by atoms with Crippen molar-refractivity contribution in [1.29, 1.82) is 0 Å². The number of aryl methyl sites for hydroxylation is 1. The zero-order valence-corrected chi connectivity index (χ0v) is 14.8. The van der Waals surface area contributed by atoms with E-state index in [-0.39, 0.29) is 18.6 Å². The average Bonchev–Trinajstić information content (AvgIpc) is 3.04. The number of rotatable bonds is 6. The molecule has 1 aliphatic rings. The van der Waals surface area contributed by atoms with Crippen LogP contribution in [0.1, 0.15) is 24.6 Å². The van der Waals surface area contributed by atoms with Crippen LogP contribution >= 0.6 is 0 Å². The van der Waals surface area contributed by atoms with Gasteiger partial charge in [-0.25, -0.2) is 0 Å². The molecule has 1 N–H and O–H groups in total. The van der Waals surface area contributed by atoms with Crippen LogP contribution in [0.25, 0.3) is 0 Å². The number of aromatic nitrogens is 3. The number of piperidine rings is 1. The number of carbonyl (C=O) groups excluding carboxylic acids is 1. The number of hydrogen-bond acceptors (Lipinski definition) is 5. The second-order valence-corrected chi connectivity index (χ2v) is 6.49. The summed E-state index contributed by atoms with van der Waals surface area (Å²) in [5, 5.41) is 7.31. The van der Waals surface area contributed by atoms with E-state index in [2.05, 4.69) is 33.4 Å². The summed E-state index contributed by atoms with van der Waals surface area (Å²) >= 11 is 0. The van der Waals surface area contributed by atoms with Crippen LogP contribution in [0.2, 0.25) is 0 Å². The van der Waals surface area contributed by atoms with Gasteiger partial charge in [0.2, 0.25) is 0 Å². The van der Waals surface area contributed by atoms with E-state index >= 15 is 0 Å². The first-order chi connectivity index (χ1) is 12.1. The average molecular weight is 343 g/mol. The SMILES string of the molecule is CN1CCC[C@@H](CNC(=O)COc2cccnc2)[C@@H]1c1ccnn1C. The van der Waals surface area contributed by atoms with E-state index in [1.54, 1.807) is 24.5 Å². The van der Waals surface area contributed by atoms with Crippen LogP contribution in [-0.2, 0) is 11.8 Å². The van der Waals surface area contributed by atoms with Gasteiger partial charge in [-0.05, 0) is 50.6 Å². The Morgan fingerprint density at radius 1 is 1.36 bits per heavy atom. The predicted molar refractivity (Wildman–Crippen MR) is 94.0 cm³/mol. The van der Waals surface area contributed by atoms with Crippen LogP contribution in [0.3, 0.4) is 0 Å². The Balaban J connectivity index is 1.55. The van der Waals surface area contributed by atoms with Gasteiger partial charge in [-0.2, -0.15) is 5.10 Å². The Bertz CT molecular complexity index is 688. The summed E-state index contributed by atoms with van der Waals surface area (Å²) in [6.07, 6.45) is 7.32. The van der Waals surface area contributed by atoms with Crippen molar-refractivity contribution in [3.63, 3.8) is 0 Å². The monoisotopic (exact) mass is 343 g/mol. The smallest absolute Gasteiger partial charge is 0.257 e. The molecule has 0 unspecified atom stereocenters. The summed E-state index contributed by atoms with van der Waals surface area (Å²) in [5.74, 6) is 0.847. The minimum atomic E-state index is -0.110. The Morgan fingerprint density at radius 3 is 2.96 bits per heavy atom. The summed E-state index contributed by atoms with van der Waals surface area (Å²) in [4.78, 5) is 18.4. The minimum Gasteiger partial charge on any atom is -0.482 e. The molecular formula is C18H25N5O2. The molecule has 1 aliphatic heterocycles. The summed E-state index contributed by atoms with van der Waals surface area (Å²) in [5.41, 5.74) is 1.19. The van der Waals surface area contributed by atoms with Crippen molar-refractivity contribution in [2.75, 3.05) is 26.7 Å². The molecule has 3 heterocycles. The van der Waals surface area contributed by atoms with Gasteiger partial charge in [-0.15, -0.1) is 0 Å². The number of amides is 1. The lowest BCUT2D eigenvalue weighted by atomic mass is 9.87. The van der Waals surface area contributed by atoms with E-state index < -0.39 is 0 Å². The molecule has 2 aromatic rings. The molecule has 7 nitrogen and oxygen atoms in total. The molecule has 0 aliphatic carbocycles. The van der Waals surface area contributed by atoms with Crippen LogP contribution in [0, 0.1) is 5.92 Å². The molecule has 0 saturated carbocycles. The van der Waals surface area contributed by atoms with Gasteiger partial charge in [-0.1, -0.05) is 0 Å². The highest BCUT2D eigenvalue weighted by molar-refractivity contribution is 5.77. The van der Waals surface area contributed by atoms with Gasteiger partial charge >= 0.3 is 0 Å². The van der Waals surface area contributed by atoms with Crippen molar-refractivity contribution < 1.29 is 9.53 Å². The molecule has 2 aromatic heterocycles. The molecular weight excluding hydrogens is 318 g/mol. The Kier molecular flexibility index (Phi) is 5.65. The van der Waals surface area contributed by atoms with Crippen molar-refractivity contribution in [3.05, 3.63) is 42.5 Å². The summed E-state index contributed by atoms with van der Waals surface area (Å²) in [7, 11) is 4.10. The third kappa shape index (κ3) is 4.36. The maximum Gasteiger partial charge on any atom is 0.257 e.